The molecule has 0 saturated heterocycles. The van der Waals surface area contributed by atoms with Crippen LogP contribution < -0.4 is 0 Å². The zero-order valence-electron chi connectivity index (χ0n) is 8.88. The van der Waals surface area contributed by atoms with Gasteiger partial charge in [0.05, 0.1) is 5.69 Å². The minimum absolute atomic E-state index is 0.0383. The molecular formula is C11H9F3N2S. The van der Waals surface area contributed by atoms with Gasteiger partial charge in [-0.15, -0.1) is 0 Å². The van der Waals surface area contributed by atoms with Crippen LogP contribution in [-0.2, 0) is 6.18 Å². The Balaban J connectivity index is 2.63. The summed E-state index contributed by atoms with van der Waals surface area (Å²) in [5, 5.41) is 2.29. The standard InChI is InChI=1S/C11H9F3N2S/c1-7-9(11(12,13)14)15-16(10(7)17)8-5-3-2-4-6-8/h2-6,15H,1H3. The predicted molar refractivity (Wildman–Crippen MR) is 60.7 cm³/mol. The molecule has 0 saturated carbocycles. The summed E-state index contributed by atoms with van der Waals surface area (Å²) in [5.41, 5.74) is -0.182. The number of aromatic amines is 1. The maximum absolute atomic E-state index is 12.7. The van der Waals surface area contributed by atoms with Crippen LogP contribution in [0.3, 0.4) is 0 Å². The molecule has 0 atom stereocenters. The Morgan fingerprint density at radius 1 is 1.18 bits per heavy atom. The Kier molecular flexibility index (Phi) is 2.82. The van der Waals surface area contributed by atoms with Gasteiger partial charge in [0.25, 0.3) is 0 Å². The topological polar surface area (TPSA) is 20.7 Å². The van der Waals surface area contributed by atoms with Gasteiger partial charge in [-0.3, -0.25) is 5.10 Å². The van der Waals surface area contributed by atoms with E-state index in [1.165, 1.54) is 11.6 Å². The first kappa shape index (κ1) is 11.9. The number of nitrogens with zero attached hydrogens (tertiary/aromatic N) is 1. The van der Waals surface area contributed by atoms with Crippen molar-refractivity contribution in [3.8, 4) is 5.69 Å². The summed E-state index contributed by atoms with van der Waals surface area (Å²) in [6.07, 6.45) is -4.42. The molecule has 17 heavy (non-hydrogen) atoms. The van der Waals surface area contributed by atoms with Gasteiger partial charge in [0.15, 0.2) is 0 Å². The van der Waals surface area contributed by atoms with Gasteiger partial charge in [-0.25, -0.2) is 4.68 Å². The van der Waals surface area contributed by atoms with E-state index in [0.29, 0.717) is 5.69 Å². The molecule has 0 aliphatic heterocycles. The number of aromatic nitrogens is 2. The second-order valence-electron chi connectivity index (χ2n) is 3.59. The molecule has 0 unspecified atom stereocenters. The largest absolute Gasteiger partial charge is 0.433 e. The van der Waals surface area contributed by atoms with E-state index in [9.17, 15) is 13.2 Å². The van der Waals surface area contributed by atoms with E-state index in [1.54, 1.807) is 30.3 Å². The van der Waals surface area contributed by atoms with Crippen LogP contribution in [0.15, 0.2) is 30.3 Å². The van der Waals surface area contributed by atoms with Crippen LogP contribution in [0.2, 0.25) is 0 Å². The van der Waals surface area contributed by atoms with E-state index in [4.69, 9.17) is 12.2 Å². The Labute approximate surface area is 101 Å². The Hall–Kier alpha value is -1.56. The fourth-order valence-corrected chi connectivity index (χ4v) is 1.81. The molecule has 0 spiro atoms. The molecule has 1 N–H and O–H groups in total. The van der Waals surface area contributed by atoms with E-state index in [-0.39, 0.29) is 10.2 Å². The summed E-state index contributed by atoms with van der Waals surface area (Å²) in [6, 6.07) is 8.63. The van der Waals surface area contributed by atoms with Crippen molar-refractivity contribution in [3.63, 3.8) is 0 Å². The first-order valence-electron chi connectivity index (χ1n) is 4.85. The second-order valence-corrected chi connectivity index (χ2v) is 3.97. The fraction of sp³-hybridized carbons (Fsp3) is 0.182. The van der Waals surface area contributed by atoms with Crippen molar-refractivity contribution in [2.45, 2.75) is 13.1 Å². The number of H-pyrrole nitrogens is 1. The number of benzene rings is 1. The Bertz CT molecular complexity index is 581. The molecule has 90 valence electrons. The number of alkyl halides is 3. The molecule has 1 aromatic carbocycles. The van der Waals surface area contributed by atoms with Crippen molar-refractivity contribution >= 4 is 12.2 Å². The van der Waals surface area contributed by atoms with Crippen LogP contribution in [-0.4, -0.2) is 9.78 Å². The maximum atomic E-state index is 12.7. The van der Waals surface area contributed by atoms with E-state index in [2.05, 4.69) is 5.10 Å². The molecule has 1 aromatic heterocycles. The molecule has 0 radical (unpaired) electrons. The molecule has 2 nitrogen and oxygen atoms in total. The maximum Gasteiger partial charge on any atom is 0.433 e. The van der Waals surface area contributed by atoms with Crippen LogP contribution in [0.4, 0.5) is 13.2 Å². The first-order valence-corrected chi connectivity index (χ1v) is 5.26. The molecule has 0 fully saturated rings. The van der Waals surface area contributed by atoms with Gasteiger partial charge in [0, 0.05) is 5.56 Å². The van der Waals surface area contributed by atoms with Gasteiger partial charge in [-0.05, 0) is 19.1 Å². The van der Waals surface area contributed by atoms with Crippen molar-refractivity contribution in [1.29, 1.82) is 0 Å². The quantitative estimate of drug-likeness (QED) is 0.770. The van der Waals surface area contributed by atoms with Crippen LogP contribution in [0, 0.1) is 11.6 Å². The lowest BCUT2D eigenvalue weighted by Crippen LogP contribution is -2.08. The molecular weight excluding hydrogens is 249 g/mol. The molecule has 0 amide bonds. The van der Waals surface area contributed by atoms with E-state index in [0.717, 1.165) is 0 Å². The van der Waals surface area contributed by atoms with Gasteiger partial charge in [-0.2, -0.15) is 13.2 Å². The van der Waals surface area contributed by atoms with E-state index < -0.39 is 11.9 Å². The van der Waals surface area contributed by atoms with Gasteiger partial charge in [0.1, 0.15) is 10.3 Å². The molecule has 0 aliphatic rings. The Morgan fingerprint density at radius 3 is 2.24 bits per heavy atom. The normalized spacial score (nSPS) is 11.8. The number of hydrogen-bond acceptors (Lipinski definition) is 1. The predicted octanol–water partition coefficient (Wildman–Crippen LogP) is 3.86. The molecule has 0 bridgehead atoms. The van der Waals surface area contributed by atoms with E-state index in [1.807, 2.05) is 0 Å². The van der Waals surface area contributed by atoms with Gasteiger partial charge >= 0.3 is 6.18 Å². The molecule has 2 aromatic rings. The highest BCUT2D eigenvalue weighted by atomic mass is 32.1. The van der Waals surface area contributed by atoms with Crippen molar-refractivity contribution in [3.05, 3.63) is 46.2 Å². The van der Waals surface area contributed by atoms with Crippen molar-refractivity contribution in [2.75, 3.05) is 0 Å². The fourth-order valence-electron chi connectivity index (χ4n) is 1.56. The average Bonchev–Trinajstić information content (AvgIpc) is 2.57. The average molecular weight is 258 g/mol. The monoisotopic (exact) mass is 258 g/mol. The zero-order valence-corrected chi connectivity index (χ0v) is 9.69. The van der Waals surface area contributed by atoms with E-state index >= 15 is 0 Å². The first-order chi connectivity index (χ1) is 7.91. The third-order valence-electron chi connectivity index (χ3n) is 2.42. The third kappa shape index (κ3) is 2.12. The lowest BCUT2D eigenvalue weighted by atomic mass is 10.3. The lowest BCUT2D eigenvalue weighted by Gasteiger charge is -2.05. The number of rotatable bonds is 1. The van der Waals surface area contributed by atoms with Crippen LogP contribution in [0.25, 0.3) is 5.69 Å². The zero-order chi connectivity index (χ0) is 12.6. The smallest absolute Gasteiger partial charge is 0.288 e. The number of nitrogens with one attached hydrogen (secondary N) is 1. The molecule has 0 aliphatic carbocycles. The third-order valence-corrected chi connectivity index (χ3v) is 2.91. The summed E-state index contributed by atoms with van der Waals surface area (Å²) < 4.78 is 39.4. The van der Waals surface area contributed by atoms with Crippen molar-refractivity contribution in [2.24, 2.45) is 0 Å². The summed E-state index contributed by atoms with van der Waals surface area (Å²) >= 11 is 5.00. The summed E-state index contributed by atoms with van der Waals surface area (Å²) in [5.74, 6) is 0. The minimum Gasteiger partial charge on any atom is -0.288 e. The van der Waals surface area contributed by atoms with Gasteiger partial charge < -0.3 is 0 Å². The summed E-state index contributed by atoms with van der Waals surface area (Å²) in [4.78, 5) is 0. The molecule has 2 rings (SSSR count). The van der Waals surface area contributed by atoms with Crippen LogP contribution in [0.1, 0.15) is 11.3 Å². The van der Waals surface area contributed by atoms with Crippen LogP contribution >= 0.6 is 12.2 Å². The Morgan fingerprint density at radius 2 is 1.76 bits per heavy atom. The second kappa shape index (κ2) is 4.03. The minimum atomic E-state index is -4.42. The number of para-hydroxylation sites is 1. The lowest BCUT2D eigenvalue weighted by molar-refractivity contribution is -0.141. The summed E-state index contributed by atoms with van der Waals surface area (Å²) in [7, 11) is 0. The number of hydrogen-bond donors (Lipinski definition) is 1. The van der Waals surface area contributed by atoms with Gasteiger partial charge in [0.2, 0.25) is 0 Å². The molecule has 6 heteroatoms. The number of halogens is 3. The van der Waals surface area contributed by atoms with Crippen LogP contribution in [0.5, 0.6) is 0 Å². The SMILES string of the molecule is Cc1c(C(F)(F)F)[nH]n(-c2ccccc2)c1=S. The highest BCUT2D eigenvalue weighted by Gasteiger charge is 2.35. The highest BCUT2D eigenvalue weighted by Crippen LogP contribution is 2.31. The summed E-state index contributed by atoms with van der Waals surface area (Å²) in [6.45, 7) is 1.36. The van der Waals surface area contributed by atoms with Crippen molar-refractivity contribution in [1.82, 2.24) is 9.78 Å². The van der Waals surface area contributed by atoms with Crippen molar-refractivity contribution < 1.29 is 13.2 Å². The highest BCUT2D eigenvalue weighted by molar-refractivity contribution is 7.71. The molecule has 1 heterocycles. The van der Waals surface area contributed by atoms with Gasteiger partial charge in [-0.1, -0.05) is 30.4 Å².